The Balaban J connectivity index is 1.99. The molecule has 0 spiro atoms. The van der Waals surface area contributed by atoms with Gasteiger partial charge in [0.05, 0.1) is 6.10 Å². The minimum absolute atomic E-state index is 0.0466. The van der Waals surface area contributed by atoms with Crippen molar-refractivity contribution in [3.63, 3.8) is 0 Å². The van der Waals surface area contributed by atoms with Gasteiger partial charge in [0.1, 0.15) is 11.9 Å². The Kier molecular flexibility index (Phi) is 5.86. The molecular weight excluding hydrogens is 250 g/mol. The van der Waals surface area contributed by atoms with E-state index in [0.29, 0.717) is 6.04 Å². The maximum Gasteiger partial charge on any atom is 0.124 e. The molecule has 1 aromatic carbocycles. The number of ether oxygens (including phenoxy) is 1. The summed E-state index contributed by atoms with van der Waals surface area (Å²) in [5, 5.41) is 13.4. The van der Waals surface area contributed by atoms with Crippen LogP contribution in [0.25, 0.3) is 0 Å². The third-order valence-corrected chi connectivity index (χ3v) is 4.24. The van der Waals surface area contributed by atoms with Gasteiger partial charge in [-0.1, -0.05) is 31.9 Å². The summed E-state index contributed by atoms with van der Waals surface area (Å²) in [5.74, 6) is 0.866. The number of aliphatic hydroxyl groups excluding tert-OH is 1. The molecule has 0 amide bonds. The van der Waals surface area contributed by atoms with Crippen LogP contribution < -0.4 is 10.1 Å². The van der Waals surface area contributed by atoms with Crippen LogP contribution in [0.5, 0.6) is 5.75 Å². The molecule has 2 N–H and O–H groups in total. The summed E-state index contributed by atoms with van der Waals surface area (Å²) >= 11 is 0. The van der Waals surface area contributed by atoms with Gasteiger partial charge in [-0.3, -0.25) is 0 Å². The van der Waals surface area contributed by atoms with Crippen LogP contribution in [0.15, 0.2) is 24.3 Å². The minimum atomic E-state index is -0.321. The van der Waals surface area contributed by atoms with Gasteiger partial charge in [0.2, 0.25) is 0 Å². The van der Waals surface area contributed by atoms with Crippen LogP contribution in [0.4, 0.5) is 0 Å². The molecule has 1 saturated carbocycles. The SMILES string of the molecule is CCC(NC)c1ccc(OC2CCCCCC2O)cc1. The van der Waals surface area contributed by atoms with Crippen molar-refractivity contribution >= 4 is 0 Å². The van der Waals surface area contributed by atoms with E-state index in [9.17, 15) is 5.11 Å². The normalized spacial score (nSPS) is 24.9. The van der Waals surface area contributed by atoms with Crippen molar-refractivity contribution in [3.05, 3.63) is 29.8 Å². The Morgan fingerprint density at radius 2 is 1.90 bits per heavy atom. The third-order valence-electron chi connectivity index (χ3n) is 4.24. The van der Waals surface area contributed by atoms with E-state index in [1.54, 1.807) is 0 Å². The molecule has 3 unspecified atom stereocenters. The lowest BCUT2D eigenvalue weighted by Crippen LogP contribution is -2.30. The van der Waals surface area contributed by atoms with Crippen molar-refractivity contribution in [1.82, 2.24) is 5.32 Å². The van der Waals surface area contributed by atoms with Crippen molar-refractivity contribution < 1.29 is 9.84 Å². The molecule has 3 heteroatoms. The van der Waals surface area contributed by atoms with E-state index in [4.69, 9.17) is 4.74 Å². The summed E-state index contributed by atoms with van der Waals surface area (Å²) in [4.78, 5) is 0. The molecule has 0 aromatic heterocycles. The number of benzene rings is 1. The summed E-state index contributed by atoms with van der Waals surface area (Å²) < 4.78 is 5.98. The van der Waals surface area contributed by atoms with Crippen LogP contribution in [-0.4, -0.2) is 24.4 Å². The molecule has 0 heterocycles. The maximum absolute atomic E-state index is 10.1. The second kappa shape index (κ2) is 7.65. The van der Waals surface area contributed by atoms with Crippen LogP contribution >= 0.6 is 0 Å². The number of aliphatic hydroxyl groups is 1. The van der Waals surface area contributed by atoms with Crippen LogP contribution in [0.2, 0.25) is 0 Å². The molecule has 2 rings (SSSR count). The third kappa shape index (κ3) is 3.97. The van der Waals surface area contributed by atoms with Crippen molar-refractivity contribution in [2.24, 2.45) is 0 Å². The molecule has 1 aliphatic rings. The zero-order chi connectivity index (χ0) is 14.4. The molecule has 112 valence electrons. The summed E-state index contributed by atoms with van der Waals surface area (Å²) in [6.07, 6.45) is 5.98. The second-order valence-corrected chi connectivity index (χ2v) is 5.68. The summed E-state index contributed by atoms with van der Waals surface area (Å²) in [6.45, 7) is 2.17. The summed E-state index contributed by atoms with van der Waals surface area (Å²) in [5.41, 5.74) is 1.28. The topological polar surface area (TPSA) is 41.5 Å². The van der Waals surface area contributed by atoms with E-state index >= 15 is 0 Å². The summed E-state index contributed by atoms with van der Waals surface area (Å²) in [6, 6.07) is 8.67. The predicted molar refractivity (Wildman–Crippen MR) is 82.0 cm³/mol. The fourth-order valence-electron chi connectivity index (χ4n) is 2.95. The maximum atomic E-state index is 10.1. The van der Waals surface area contributed by atoms with Gasteiger partial charge in [0, 0.05) is 6.04 Å². The van der Waals surface area contributed by atoms with Crippen LogP contribution in [0.3, 0.4) is 0 Å². The second-order valence-electron chi connectivity index (χ2n) is 5.68. The number of hydrogen-bond acceptors (Lipinski definition) is 3. The highest BCUT2D eigenvalue weighted by Gasteiger charge is 2.23. The fraction of sp³-hybridized carbons (Fsp3) is 0.647. The Morgan fingerprint density at radius 3 is 2.55 bits per heavy atom. The number of hydrogen-bond donors (Lipinski definition) is 2. The molecule has 0 aliphatic heterocycles. The zero-order valence-corrected chi connectivity index (χ0v) is 12.6. The highest BCUT2D eigenvalue weighted by atomic mass is 16.5. The van der Waals surface area contributed by atoms with Gasteiger partial charge in [-0.15, -0.1) is 0 Å². The first-order valence-corrected chi connectivity index (χ1v) is 7.86. The van der Waals surface area contributed by atoms with Crippen LogP contribution in [-0.2, 0) is 0 Å². The number of nitrogens with one attached hydrogen (secondary N) is 1. The van der Waals surface area contributed by atoms with Gasteiger partial charge in [-0.2, -0.15) is 0 Å². The number of rotatable bonds is 5. The van der Waals surface area contributed by atoms with Gasteiger partial charge in [-0.25, -0.2) is 0 Å². The van der Waals surface area contributed by atoms with Crippen LogP contribution in [0.1, 0.15) is 57.1 Å². The first-order chi connectivity index (χ1) is 9.74. The molecule has 1 aromatic rings. The first-order valence-electron chi connectivity index (χ1n) is 7.86. The highest BCUT2D eigenvalue weighted by molar-refractivity contribution is 5.29. The molecule has 3 nitrogen and oxygen atoms in total. The van der Waals surface area contributed by atoms with Crippen molar-refractivity contribution in [2.75, 3.05) is 7.05 Å². The average molecular weight is 277 g/mol. The molecule has 1 fully saturated rings. The highest BCUT2D eigenvalue weighted by Crippen LogP contribution is 2.25. The molecule has 0 saturated heterocycles. The Labute approximate surface area is 122 Å². The first kappa shape index (κ1) is 15.3. The van der Waals surface area contributed by atoms with Gasteiger partial charge < -0.3 is 15.2 Å². The zero-order valence-electron chi connectivity index (χ0n) is 12.6. The van der Waals surface area contributed by atoms with Crippen molar-refractivity contribution in [2.45, 2.75) is 63.7 Å². The standard InChI is InChI=1S/C17H27NO2/c1-3-15(18-2)13-9-11-14(12-10-13)20-17-8-6-4-5-7-16(17)19/h9-12,15-19H,3-8H2,1-2H3. The van der Waals surface area contributed by atoms with Gasteiger partial charge in [0.25, 0.3) is 0 Å². The minimum Gasteiger partial charge on any atom is -0.488 e. The summed E-state index contributed by atoms with van der Waals surface area (Å²) in [7, 11) is 1.99. The van der Waals surface area contributed by atoms with Crippen molar-refractivity contribution in [3.8, 4) is 5.75 Å². The van der Waals surface area contributed by atoms with Crippen molar-refractivity contribution in [1.29, 1.82) is 0 Å². The molecule has 3 atom stereocenters. The van der Waals surface area contributed by atoms with E-state index in [1.807, 2.05) is 19.2 Å². The molecule has 0 bridgehead atoms. The molecule has 1 aliphatic carbocycles. The monoisotopic (exact) mass is 277 g/mol. The van der Waals surface area contributed by atoms with E-state index in [-0.39, 0.29) is 12.2 Å². The lowest BCUT2D eigenvalue weighted by atomic mass is 10.0. The smallest absolute Gasteiger partial charge is 0.124 e. The van der Waals surface area contributed by atoms with Gasteiger partial charge in [-0.05, 0) is 50.4 Å². The van der Waals surface area contributed by atoms with Gasteiger partial charge >= 0.3 is 0 Å². The fourth-order valence-corrected chi connectivity index (χ4v) is 2.95. The molecule has 0 radical (unpaired) electrons. The quantitative estimate of drug-likeness (QED) is 0.810. The lowest BCUT2D eigenvalue weighted by Gasteiger charge is -2.22. The lowest BCUT2D eigenvalue weighted by molar-refractivity contribution is 0.0319. The van der Waals surface area contributed by atoms with E-state index in [0.717, 1.165) is 37.9 Å². The van der Waals surface area contributed by atoms with E-state index < -0.39 is 0 Å². The Bertz CT molecular complexity index is 386. The largest absolute Gasteiger partial charge is 0.488 e. The molecule has 20 heavy (non-hydrogen) atoms. The predicted octanol–water partition coefficient (Wildman–Crippen LogP) is 3.43. The van der Waals surface area contributed by atoms with E-state index in [1.165, 1.54) is 12.0 Å². The average Bonchev–Trinajstić information content (AvgIpc) is 2.67. The Morgan fingerprint density at radius 1 is 1.20 bits per heavy atom. The molecular formula is C17H27NO2. The van der Waals surface area contributed by atoms with Crippen LogP contribution in [0, 0.1) is 0 Å². The Hall–Kier alpha value is -1.06. The van der Waals surface area contributed by atoms with E-state index in [2.05, 4.69) is 24.4 Å². The van der Waals surface area contributed by atoms with Gasteiger partial charge in [0.15, 0.2) is 0 Å².